The number of nitriles is 1. The summed E-state index contributed by atoms with van der Waals surface area (Å²) in [5.41, 5.74) is -0.894. The Kier molecular flexibility index (Phi) is 1.76. The third-order valence-electron chi connectivity index (χ3n) is 4.24. The fraction of sp³-hybridized carbons (Fsp3) is 0.818. The van der Waals surface area contributed by atoms with Crippen LogP contribution in [0, 0.1) is 16.7 Å². The van der Waals surface area contributed by atoms with Crippen molar-refractivity contribution in [2.24, 2.45) is 5.41 Å². The van der Waals surface area contributed by atoms with Crippen molar-refractivity contribution in [2.45, 2.75) is 31.0 Å². The van der Waals surface area contributed by atoms with Crippen LogP contribution in [-0.4, -0.2) is 41.0 Å². The molecule has 1 saturated carbocycles. The van der Waals surface area contributed by atoms with Gasteiger partial charge in [-0.1, -0.05) is 0 Å². The summed E-state index contributed by atoms with van der Waals surface area (Å²) in [7, 11) is 0. The van der Waals surface area contributed by atoms with E-state index in [1.54, 1.807) is 4.90 Å². The normalized spacial score (nSPS) is 42.4. The molecule has 4 rings (SSSR count). The second-order valence-electron chi connectivity index (χ2n) is 5.48. The fourth-order valence-corrected chi connectivity index (χ4v) is 3.74. The number of hydrogen-bond acceptors (Lipinski definition) is 3. The number of hydrogen-bond donors (Lipinski definition) is 0. The first-order valence-corrected chi connectivity index (χ1v) is 5.97. The second-order valence-corrected chi connectivity index (χ2v) is 5.74. The van der Waals surface area contributed by atoms with Crippen LogP contribution in [0.25, 0.3) is 0 Å². The molecule has 0 unspecified atom stereocenters. The highest BCUT2D eigenvalue weighted by molar-refractivity contribution is 6.27. The highest BCUT2D eigenvalue weighted by Gasteiger charge is 2.77. The van der Waals surface area contributed by atoms with Crippen LogP contribution in [0.2, 0.25) is 0 Å². The maximum atomic E-state index is 11.4. The molecule has 3 aliphatic heterocycles. The van der Waals surface area contributed by atoms with Crippen LogP contribution in [0.4, 0.5) is 0 Å². The van der Waals surface area contributed by atoms with E-state index in [2.05, 4.69) is 6.07 Å². The predicted molar refractivity (Wildman–Crippen MR) is 56.8 cm³/mol. The maximum absolute atomic E-state index is 11.4. The lowest BCUT2D eigenvalue weighted by molar-refractivity contribution is -0.166. The molecule has 0 aromatic rings. The number of likely N-dealkylation sites (tertiary alicyclic amines) is 1. The molecule has 4 nitrogen and oxygen atoms in total. The average molecular weight is 241 g/mol. The van der Waals surface area contributed by atoms with Crippen LogP contribution in [-0.2, 0) is 9.53 Å². The van der Waals surface area contributed by atoms with Gasteiger partial charge in [0.2, 0.25) is 5.91 Å². The van der Waals surface area contributed by atoms with Gasteiger partial charge < -0.3 is 9.64 Å². The molecule has 0 aromatic carbocycles. The Balaban J connectivity index is 1.79. The number of carbonyl (C=O) groups excluding carboxylic acids is 1. The van der Waals surface area contributed by atoms with Crippen molar-refractivity contribution in [3.05, 3.63) is 0 Å². The van der Waals surface area contributed by atoms with E-state index in [9.17, 15) is 10.1 Å². The number of amides is 1. The van der Waals surface area contributed by atoms with Gasteiger partial charge in [-0.3, -0.25) is 4.79 Å². The van der Waals surface area contributed by atoms with Gasteiger partial charge in [-0.15, -0.1) is 11.6 Å². The molecule has 0 N–H and O–H groups in total. The van der Waals surface area contributed by atoms with E-state index >= 15 is 0 Å². The van der Waals surface area contributed by atoms with Crippen molar-refractivity contribution < 1.29 is 9.53 Å². The largest absolute Gasteiger partial charge is 0.363 e. The first-order chi connectivity index (χ1) is 7.48. The van der Waals surface area contributed by atoms with Crippen LogP contribution in [0.15, 0.2) is 0 Å². The molecule has 0 radical (unpaired) electrons. The number of carbonyl (C=O) groups is 1. The predicted octanol–water partition coefficient (Wildman–Crippen LogP) is 0.899. The molecule has 1 amide bonds. The average Bonchev–Trinajstić information content (AvgIpc) is 2.58. The Labute approximate surface area is 99.1 Å². The molecule has 3 heterocycles. The Morgan fingerprint density at radius 2 is 2.19 bits per heavy atom. The molecule has 86 valence electrons. The number of ether oxygens (including phenoxy) is 1. The first kappa shape index (κ1) is 10.4. The molecule has 3 saturated heterocycles. The third-order valence-corrected chi connectivity index (χ3v) is 4.47. The number of alkyl halides is 1. The highest BCUT2D eigenvalue weighted by Crippen LogP contribution is 2.68. The van der Waals surface area contributed by atoms with Crippen molar-refractivity contribution >= 4 is 17.5 Å². The van der Waals surface area contributed by atoms with Crippen LogP contribution in [0.5, 0.6) is 0 Å². The van der Waals surface area contributed by atoms with E-state index < -0.39 is 5.60 Å². The van der Waals surface area contributed by atoms with E-state index in [4.69, 9.17) is 16.3 Å². The third kappa shape index (κ3) is 0.964. The van der Waals surface area contributed by atoms with Crippen molar-refractivity contribution in [2.75, 3.05) is 19.0 Å². The number of halogens is 1. The van der Waals surface area contributed by atoms with Crippen LogP contribution in [0.1, 0.15) is 19.8 Å². The van der Waals surface area contributed by atoms with Gasteiger partial charge in [0.15, 0.2) is 0 Å². The van der Waals surface area contributed by atoms with Gasteiger partial charge in [0, 0.05) is 0 Å². The van der Waals surface area contributed by atoms with E-state index in [0.29, 0.717) is 13.1 Å². The van der Waals surface area contributed by atoms with E-state index in [1.165, 1.54) is 0 Å². The minimum Gasteiger partial charge on any atom is -0.363 e. The van der Waals surface area contributed by atoms with Gasteiger partial charge in [0.1, 0.15) is 11.5 Å². The zero-order valence-corrected chi connectivity index (χ0v) is 9.88. The lowest BCUT2D eigenvalue weighted by atomic mass is 9.55. The van der Waals surface area contributed by atoms with Crippen molar-refractivity contribution in [3.8, 4) is 6.07 Å². The zero-order valence-electron chi connectivity index (χ0n) is 9.12. The molecule has 4 aliphatic rings. The maximum Gasteiger partial charge on any atom is 0.237 e. The van der Waals surface area contributed by atoms with Crippen molar-refractivity contribution in [1.29, 1.82) is 5.26 Å². The lowest BCUT2D eigenvalue weighted by Crippen LogP contribution is -2.68. The molecular formula is C11H13ClN2O2. The number of rotatable bonds is 1. The smallest absolute Gasteiger partial charge is 0.237 e. The first-order valence-electron chi connectivity index (χ1n) is 5.43. The minimum atomic E-state index is -0.405. The Hall–Kier alpha value is -0.790. The SMILES string of the molecule is CC12CC(C#N)(C1)C1(CN(C(=O)CCl)C1)O2. The fourth-order valence-electron chi connectivity index (χ4n) is 3.57. The molecule has 16 heavy (non-hydrogen) atoms. The molecule has 1 aliphatic carbocycles. The Morgan fingerprint density at radius 1 is 1.56 bits per heavy atom. The monoisotopic (exact) mass is 240 g/mol. The molecule has 4 fully saturated rings. The van der Waals surface area contributed by atoms with E-state index in [1.807, 2.05) is 6.92 Å². The number of nitrogens with zero attached hydrogens (tertiary/aromatic N) is 2. The zero-order chi connectivity index (χ0) is 11.6. The Morgan fingerprint density at radius 3 is 2.69 bits per heavy atom. The van der Waals surface area contributed by atoms with Crippen molar-refractivity contribution in [3.63, 3.8) is 0 Å². The van der Waals surface area contributed by atoms with Gasteiger partial charge in [-0.25, -0.2) is 0 Å². The van der Waals surface area contributed by atoms with E-state index in [-0.39, 0.29) is 22.8 Å². The van der Waals surface area contributed by atoms with Crippen LogP contribution < -0.4 is 0 Å². The molecule has 5 heteroatoms. The molecule has 2 bridgehead atoms. The topological polar surface area (TPSA) is 53.3 Å². The molecule has 1 spiro atoms. The standard InChI is InChI=1S/C11H13ClN2O2/c1-9-3-10(4-9,5-13)11(16-9)6-14(7-11)8(15)2-12/h2-4,6-7H2,1H3. The minimum absolute atomic E-state index is 0.00685. The molecule has 0 aromatic heterocycles. The Bertz CT molecular complexity index is 403. The summed E-state index contributed by atoms with van der Waals surface area (Å²) in [6.45, 7) is 3.10. The van der Waals surface area contributed by atoms with Gasteiger partial charge in [0.25, 0.3) is 0 Å². The summed E-state index contributed by atoms with van der Waals surface area (Å²) in [4.78, 5) is 13.1. The summed E-state index contributed by atoms with van der Waals surface area (Å²) in [6, 6.07) is 2.41. The van der Waals surface area contributed by atoms with Crippen LogP contribution in [0.3, 0.4) is 0 Å². The summed E-state index contributed by atoms with van der Waals surface area (Å²) >= 11 is 5.50. The van der Waals surface area contributed by atoms with Gasteiger partial charge in [0.05, 0.1) is 30.2 Å². The van der Waals surface area contributed by atoms with Gasteiger partial charge >= 0.3 is 0 Å². The summed E-state index contributed by atoms with van der Waals surface area (Å²) in [5.74, 6) is -0.0642. The van der Waals surface area contributed by atoms with Crippen molar-refractivity contribution in [1.82, 2.24) is 4.90 Å². The second kappa shape index (κ2) is 2.72. The quantitative estimate of drug-likeness (QED) is 0.640. The van der Waals surface area contributed by atoms with E-state index in [0.717, 1.165) is 12.8 Å². The lowest BCUT2D eigenvalue weighted by Gasteiger charge is -2.51. The van der Waals surface area contributed by atoms with Gasteiger partial charge in [-0.2, -0.15) is 5.26 Å². The summed E-state index contributed by atoms with van der Waals surface area (Å²) in [6.07, 6.45) is 1.61. The summed E-state index contributed by atoms with van der Waals surface area (Å²) in [5, 5.41) is 9.30. The van der Waals surface area contributed by atoms with Gasteiger partial charge in [-0.05, 0) is 19.8 Å². The molecular weight excluding hydrogens is 228 g/mol. The molecule has 0 atom stereocenters. The highest BCUT2D eigenvalue weighted by atomic mass is 35.5. The van der Waals surface area contributed by atoms with Crippen LogP contribution >= 0.6 is 11.6 Å². The summed E-state index contributed by atoms with van der Waals surface area (Å²) < 4.78 is 6.01.